The molecular weight excluding hydrogens is 228 g/mol. The molecule has 0 bridgehead atoms. The van der Waals surface area contributed by atoms with E-state index < -0.39 is 0 Å². The average molecular weight is 246 g/mol. The summed E-state index contributed by atoms with van der Waals surface area (Å²) in [4.78, 5) is 22.8. The van der Waals surface area contributed by atoms with Crippen LogP contribution >= 0.6 is 0 Å². The van der Waals surface area contributed by atoms with E-state index in [1.54, 1.807) is 12.4 Å². The molecule has 5 heteroatoms. The third-order valence-corrected chi connectivity index (χ3v) is 3.94. The van der Waals surface area contributed by atoms with Crippen LogP contribution in [-0.2, 0) is 0 Å². The first-order valence-electron chi connectivity index (χ1n) is 6.56. The molecule has 2 fully saturated rings. The quantitative estimate of drug-likeness (QED) is 0.788. The molecule has 96 valence electrons. The van der Waals surface area contributed by atoms with Crippen LogP contribution in [0.3, 0.4) is 0 Å². The molecule has 2 aliphatic heterocycles. The third-order valence-electron chi connectivity index (χ3n) is 3.94. The van der Waals surface area contributed by atoms with Crippen molar-refractivity contribution in [2.24, 2.45) is 5.92 Å². The number of likely N-dealkylation sites (tertiary alicyclic amines) is 1. The first-order valence-corrected chi connectivity index (χ1v) is 6.56. The molecule has 2 aliphatic rings. The lowest BCUT2D eigenvalue weighted by Crippen LogP contribution is -2.48. The molecule has 0 saturated carbocycles. The molecule has 0 aromatic carbocycles. The SMILES string of the molecule is Cc1cnc(C(=O)N2CCCC3CNCC32)cn1. The van der Waals surface area contributed by atoms with Gasteiger partial charge in [0.05, 0.1) is 11.9 Å². The zero-order valence-corrected chi connectivity index (χ0v) is 10.6. The van der Waals surface area contributed by atoms with E-state index >= 15 is 0 Å². The Morgan fingerprint density at radius 3 is 3.06 bits per heavy atom. The summed E-state index contributed by atoms with van der Waals surface area (Å²) in [6.07, 6.45) is 5.56. The van der Waals surface area contributed by atoms with Crippen LogP contribution in [0, 0.1) is 12.8 Å². The Bertz CT molecular complexity index is 445. The fourth-order valence-electron chi connectivity index (χ4n) is 2.97. The van der Waals surface area contributed by atoms with Gasteiger partial charge in [-0.25, -0.2) is 4.98 Å². The largest absolute Gasteiger partial charge is 0.333 e. The number of nitrogens with zero attached hydrogens (tertiary/aromatic N) is 3. The van der Waals surface area contributed by atoms with Crippen molar-refractivity contribution in [3.8, 4) is 0 Å². The number of fused-ring (bicyclic) bond motifs is 1. The van der Waals surface area contributed by atoms with Gasteiger partial charge >= 0.3 is 0 Å². The highest BCUT2D eigenvalue weighted by Gasteiger charge is 2.37. The summed E-state index contributed by atoms with van der Waals surface area (Å²) in [5, 5.41) is 3.38. The number of aromatic nitrogens is 2. The zero-order valence-electron chi connectivity index (χ0n) is 10.6. The Kier molecular flexibility index (Phi) is 2.99. The Labute approximate surface area is 107 Å². The van der Waals surface area contributed by atoms with E-state index in [-0.39, 0.29) is 5.91 Å². The summed E-state index contributed by atoms with van der Waals surface area (Å²) < 4.78 is 0. The summed E-state index contributed by atoms with van der Waals surface area (Å²) in [6.45, 7) is 4.67. The van der Waals surface area contributed by atoms with Crippen LogP contribution in [0.15, 0.2) is 12.4 Å². The lowest BCUT2D eigenvalue weighted by molar-refractivity contribution is 0.0568. The fraction of sp³-hybridized carbons (Fsp3) is 0.615. The van der Waals surface area contributed by atoms with Gasteiger partial charge in [0.25, 0.3) is 5.91 Å². The van der Waals surface area contributed by atoms with E-state index in [2.05, 4.69) is 15.3 Å². The van der Waals surface area contributed by atoms with Crippen LogP contribution in [0.2, 0.25) is 0 Å². The fourth-order valence-corrected chi connectivity index (χ4v) is 2.97. The summed E-state index contributed by atoms with van der Waals surface area (Å²) in [6, 6.07) is 0.342. The summed E-state index contributed by atoms with van der Waals surface area (Å²) in [5.41, 5.74) is 1.30. The molecule has 1 N–H and O–H groups in total. The van der Waals surface area contributed by atoms with Crippen molar-refractivity contribution in [2.45, 2.75) is 25.8 Å². The van der Waals surface area contributed by atoms with E-state index in [9.17, 15) is 4.79 Å². The van der Waals surface area contributed by atoms with Crippen molar-refractivity contribution in [1.29, 1.82) is 0 Å². The zero-order chi connectivity index (χ0) is 12.5. The minimum Gasteiger partial charge on any atom is -0.333 e. The molecule has 2 saturated heterocycles. The summed E-state index contributed by atoms with van der Waals surface area (Å²) >= 11 is 0. The lowest BCUT2D eigenvalue weighted by atomic mass is 9.92. The van der Waals surface area contributed by atoms with E-state index in [1.807, 2.05) is 11.8 Å². The van der Waals surface area contributed by atoms with Crippen molar-refractivity contribution in [1.82, 2.24) is 20.2 Å². The van der Waals surface area contributed by atoms with Crippen molar-refractivity contribution in [3.63, 3.8) is 0 Å². The van der Waals surface area contributed by atoms with Gasteiger partial charge in [-0.3, -0.25) is 9.78 Å². The molecule has 1 amide bonds. The van der Waals surface area contributed by atoms with Gasteiger partial charge in [0, 0.05) is 31.9 Å². The van der Waals surface area contributed by atoms with E-state index in [0.717, 1.165) is 31.7 Å². The van der Waals surface area contributed by atoms with Crippen LogP contribution in [0.5, 0.6) is 0 Å². The van der Waals surface area contributed by atoms with Crippen molar-refractivity contribution in [3.05, 3.63) is 23.8 Å². The highest BCUT2D eigenvalue weighted by atomic mass is 16.2. The Hall–Kier alpha value is -1.49. The number of hydrogen-bond acceptors (Lipinski definition) is 4. The van der Waals surface area contributed by atoms with E-state index in [0.29, 0.717) is 17.7 Å². The molecular formula is C13H18N4O. The highest BCUT2D eigenvalue weighted by molar-refractivity contribution is 5.92. The van der Waals surface area contributed by atoms with Gasteiger partial charge in [-0.1, -0.05) is 0 Å². The van der Waals surface area contributed by atoms with Crippen LogP contribution in [0.25, 0.3) is 0 Å². The molecule has 1 aromatic heterocycles. The van der Waals surface area contributed by atoms with Crippen LogP contribution < -0.4 is 5.32 Å². The molecule has 18 heavy (non-hydrogen) atoms. The second-order valence-corrected chi connectivity index (χ2v) is 5.17. The monoisotopic (exact) mass is 246 g/mol. The number of amides is 1. The van der Waals surface area contributed by atoms with Gasteiger partial charge in [0.2, 0.25) is 0 Å². The van der Waals surface area contributed by atoms with Gasteiger partial charge < -0.3 is 10.2 Å². The Morgan fingerprint density at radius 1 is 1.39 bits per heavy atom. The predicted octanol–water partition coefficient (Wildman–Crippen LogP) is 0.609. The van der Waals surface area contributed by atoms with E-state index in [4.69, 9.17) is 0 Å². The molecule has 2 unspecified atom stereocenters. The maximum atomic E-state index is 12.4. The van der Waals surface area contributed by atoms with Gasteiger partial charge in [0.1, 0.15) is 5.69 Å². The number of carbonyl (C=O) groups is 1. The molecule has 0 aliphatic carbocycles. The lowest BCUT2D eigenvalue weighted by Gasteiger charge is -2.36. The molecule has 5 nitrogen and oxygen atoms in total. The van der Waals surface area contributed by atoms with Crippen molar-refractivity contribution in [2.75, 3.05) is 19.6 Å². The Balaban J connectivity index is 1.81. The number of rotatable bonds is 1. The second-order valence-electron chi connectivity index (χ2n) is 5.17. The van der Waals surface area contributed by atoms with Crippen LogP contribution in [0.4, 0.5) is 0 Å². The molecule has 0 spiro atoms. The number of nitrogens with one attached hydrogen (secondary N) is 1. The number of aryl methyl sites for hydroxylation is 1. The third kappa shape index (κ3) is 1.99. The van der Waals surface area contributed by atoms with E-state index in [1.165, 1.54) is 6.42 Å². The number of hydrogen-bond donors (Lipinski definition) is 1. The second kappa shape index (κ2) is 4.65. The van der Waals surface area contributed by atoms with Crippen molar-refractivity contribution < 1.29 is 4.79 Å². The molecule has 2 atom stereocenters. The van der Waals surface area contributed by atoms with Crippen LogP contribution in [-0.4, -0.2) is 46.5 Å². The average Bonchev–Trinajstić information content (AvgIpc) is 2.87. The minimum absolute atomic E-state index is 0.0286. The highest BCUT2D eigenvalue weighted by Crippen LogP contribution is 2.27. The topological polar surface area (TPSA) is 58.1 Å². The first-order chi connectivity index (χ1) is 8.75. The molecule has 1 aromatic rings. The molecule has 3 heterocycles. The Morgan fingerprint density at radius 2 is 2.28 bits per heavy atom. The minimum atomic E-state index is 0.0286. The molecule has 0 radical (unpaired) electrons. The number of piperidine rings is 1. The standard InChI is InChI=1S/C13H18N4O/c1-9-5-16-11(7-15-9)13(18)17-4-2-3-10-6-14-8-12(10)17/h5,7,10,12,14H,2-4,6,8H2,1H3. The predicted molar refractivity (Wildman–Crippen MR) is 67.2 cm³/mol. The summed E-state index contributed by atoms with van der Waals surface area (Å²) in [7, 11) is 0. The van der Waals surface area contributed by atoms with Gasteiger partial charge in [0.15, 0.2) is 0 Å². The van der Waals surface area contributed by atoms with Gasteiger partial charge in [-0.15, -0.1) is 0 Å². The van der Waals surface area contributed by atoms with Gasteiger partial charge in [-0.05, 0) is 25.7 Å². The van der Waals surface area contributed by atoms with Crippen LogP contribution in [0.1, 0.15) is 29.0 Å². The number of carbonyl (C=O) groups excluding carboxylic acids is 1. The normalized spacial score (nSPS) is 27.1. The smallest absolute Gasteiger partial charge is 0.274 e. The van der Waals surface area contributed by atoms with Crippen molar-refractivity contribution >= 4 is 5.91 Å². The molecule has 3 rings (SSSR count). The summed E-state index contributed by atoms with van der Waals surface area (Å²) in [5.74, 6) is 0.641. The first kappa shape index (κ1) is 11.6. The maximum Gasteiger partial charge on any atom is 0.274 e. The maximum absolute atomic E-state index is 12.4. The van der Waals surface area contributed by atoms with Gasteiger partial charge in [-0.2, -0.15) is 0 Å².